The Morgan fingerprint density at radius 2 is 2.00 bits per heavy atom. The summed E-state index contributed by atoms with van der Waals surface area (Å²) in [6, 6.07) is 3.98. The first-order chi connectivity index (χ1) is 11.4. The number of nitrogens with one attached hydrogen (secondary N) is 1. The van der Waals surface area contributed by atoms with Gasteiger partial charge in [0.15, 0.2) is 0 Å². The lowest BCUT2D eigenvalue weighted by atomic mass is 10.2. The number of furan rings is 1. The van der Waals surface area contributed by atoms with Gasteiger partial charge in [0, 0.05) is 26.7 Å². The van der Waals surface area contributed by atoms with Gasteiger partial charge in [-0.1, -0.05) is 0 Å². The van der Waals surface area contributed by atoms with Gasteiger partial charge in [-0.15, -0.1) is 0 Å². The van der Waals surface area contributed by atoms with Crippen LogP contribution < -0.4 is 5.32 Å². The molecular weight excluding hydrogens is 328 g/mol. The van der Waals surface area contributed by atoms with Crippen LogP contribution in [-0.4, -0.2) is 56.2 Å². The van der Waals surface area contributed by atoms with E-state index in [2.05, 4.69) is 5.32 Å². The number of carbonyl (C=O) groups excluding carboxylic acids is 1. The van der Waals surface area contributed by atoms with Crippen LogP contribution in [0.3, 0.4) is 0 Å². The highest BCUT2D eigenvalue weighted by Crippen LogP contribution is 2.13. The average molecular weight is 359 g/mol. The van der Waals surface area contributed by atoms with Crippen molar-refractivity contribution in [1.82, 2.24) is 10.2 Å². The number of hydrogen-bond donors (Lipinski definition) is 1. The van der Waals surface area contributed by atoms with Crippen LogP contribution in [0.4, 0.5) is 4.79 Å². The molecule has 1 amide bonds. The van der Waals surface area contributed by atoms with Crippen molar-refractivity contribution in [3.63, 3.8) is 0 Å². The van der Waals surface area contributed by atoms with Crippen molar-refractivity contribution in [3.8, 4) is 0 Å². The quantitative estimate of drug-likeness (QED) is 0.649. The Morgan fingerprint density at radius 3 is 2.62 bits per heavy atom. The maximum atomic E-state index is 12.2. The number of nitrogens with zero attached hydrogens (tertiary/aromatic N) is 1. The lowest BCUT2D eigenvalue weighted by Gasteiger charge is -2.27. The largest absolute Gasteiger partial charge is 0.464 e. The normalized spacial score (nSPS) is 11.5. The van der Waals surface area contributed by atoms with Crippen LogP contribution in [-0.2, 0) is 21.8 Å². The van der Waals surface area contributed by atoms with Gasteiger partial charge in [0.25, 0.3) is 0 Å². The molecule has 0 bridgehead atoms. The van der Waals surface area contributed by atoms with Crippen molar-refractivity contribution >= 4 is 17.9 Å². The number of hydrogen-bond acceptors (Lipinski definition) is 6. The molecule has 0 spiro atoms. The maximum absolute atomic E-state index is 12.2. The zero-order valence-electron chi connectivity index (χ0n) is 15.4. The Balaban J connectivity index is 2.39. The average Bonchev–Trinajstić information content (AvgIpc) is 2.92. The molecule has 0 aliphatic rings. The first-order valence-corrected chi connectivity index (χ1v) is 9.49. The third-order valence-corrected chi connectivity index (χ3v) is 3.65. The summed E-state index contributed by atoms with van der Waals surface area (Å²) in [4.78, 5) is 13.9. The van der Waals surface area contributed by atoms with Crippen LogP contribution in [0.15, 0.2) is 16.5 Å². The molecule has 0 unspecified atom stereocenters. The van der Waals surface area contributed by atoms with Gasteiger partial charge in [0.2, 0.25) is 0 Å². The number of amides is 1. The highest BCUT2D eigenvalue weighted by molar-refractivity contribution is 7.97. The minimum absolute atomic E-state index is 0.318. The van der Waals surface area contributed by atoms with Gasteiger partial charge in [0.1, 0.15) is 17.1 Å². The molecule has 1 aromatic heterocycles. The topological polar surface area (TPSA) is 63.9 Å². The predicted molar refractivity (Wildman–Crippen MR) is 97.3 cm³/mol. The standard InChI is InChI=1S/C17H30N2O4S/c1-17(2,3)23-16(20)19(10-11-21-4)9-8-18-12-14-6-7-15(22-14)13-24-5/h6-7,18H,8-13H2,1-5H3. The SMILES string of the molecule is COCCN(CCNCc1ccc(CSC)o1)C(=O)OC(C)(C)C. The lowest BCUT2D eigenvalue weighted by molar-refractivity contribution is 0.0204. The van der Waals surface area contributed by atoms with Crippen molar-refractivity contribution in [1.29, 1.82) is 0 Å². The fraction of sp³-hybridized carbons (Fsp3) is 0.706. The van der Waals surface area contributed by atoms with E-state index < -0.39 is 5.60 Å². The molecule has 0 radical (unpaired) electrons. The fourth-order valence-electron chi connectivity index (χ4n) is 1.99. The van der Waals surface area contributed by atoms with Crippen molar-refractivity contribution in [2.24, 2.45) is 0 Å². The summed E-state index contributed by atoms with van der Waals surface area (Å²) in [6.45, 7) is 8.42. The van der Waals surface area contributed by atoms with Gasteiger partial charge in [-0.05, 0) is 39.2 Å². The van der Waals surface area contributed by atoms with Gasteiger partial charge in [0.05, 0.1) is 18.9 Å². The molecule has 0 atom stereocenters. The van der Waals surface area contributed by atoms with Crippen molar-refractivity contribution in [2.45, 2.75) is 38.7 Å². The maximum Gasteiger partial charge on any atom is 0.410 e. The summed E-state index contributed by atoms with van der Waals surface area (Å²) in [5.74, 6) is 2.76. The van der Waals surface area contributed by atoms with Crippen molar-refractivity contribution in [2.75, 3.05) is 39.6 Å². The van der Waals surface area contributed by atoms with Gasteiger partial charge < -0.3 is 24.1 Å². The van der Waals surface area contributed by atoms with Crippen LogP contribution in [0, 0.1) is 0 Å². The highest BCUT2D eigenvalue weighted by Gasteiger charge is 2.21. The number of thioether (sulfide) groups is 1. The second-order valence-corrected chi connectivity index (χ2v) is 7.30. The predicted octanol–water partition coefficient (Wildman–Crippen LogP) is 3.12. The third kappa shape index (κ3) is 8.61. The Hall–Kier alpha value is -1.18. The summed E-state index contributed by atoms with van der Waals surface area (Å²) in [7, 11) is 1.62. The zero-order chi connectivity index (χ0) is 18.0. The van der Waals surface area contributed by atoms with Crippen LogP contribution in [0.2, 0.25) is 0 Å². The molecule has 0 fully saturated rings. The third-order valence-electron chi connectivity index (χ3n) is 3.08. The van der Waals surface area contributed by atoms with Crippen molar-refractivity contribution in [3.05, 3.63) is 23.7 Å². The smallest absolute Gasteiger partial charge is 0.410 e. The number of ether oxygens (including phenoxy) is 2. The monoisotopic (exact) mass is 358 g/mol. The first kappa shape index (κ1) is 20.9. The number of carbonyl (C=O) groups is 1. The minimum atomic E-state index is -0.502. The summed E-state index contributed by atoms with van der Waals surface area (Å²) in [6.07, 6.45) is 1.73. The fourth-order valence-corrected chi connectivity index (χ4v) is 2.42. The number of methoxy groups -OCH3 is 1. The molecular formula is C17H30N2O4S. The van der Waals surface area contributed by atoms with Gasteiger partial charge >= 0.3 is 6.09 Å². The van der Waals surface area contributed by atoms with E-state index in [1.54, 1.807) is 23.8 Å². The molecule has 1 rings (SSSR count). The Kier molecular flexibility index (Phi) is 9.25. The first-order valence-electron chi connectivity index (χ1n) is 8.10. The molecule has 7 heteroatoms. The lowest BCUT2D eigenvalue weighted by Crippen LogP contribution is -2.42. The van der Waals surface area contributed by atoms with E-state index in [4.69, 9.17) is 13.9 Å². The summed E-state index contributed by atoms with van der Waals surface area (Å²) in [5, 5.41) is 3.29. The molecule has 1 N–H and O–H groups in total. The molecule has 0 saturated heterocycles. The van der Waals surface area contributed by atoms with Crippen LogP contribution >= 0.6 is 11.8 Å². The second kappa shape index (κ2) is 10.6. The Labute approximate surface area is 149 Å². The highest BCUT2D eigenvalue weighted by atomic mass is 32.2. The van der Waals surface area contributed by atoms with Crippen LogP contribution in [0.1, 0.15) is 32.3 Å². The van der Waals surface area contributed by atoms with E-state index in [1.807, 2.05) is 39.2 Å². The van der Waals surface area contributed by atoms with E-state index >= 15 is 0 Å². The Morgan fingerprint density at radius 1 is 1.29 bits per heavy atom. The molecule has 0 aliphatic carbocycles. The molecule has 0 aromatic carbocycles. The molecule has 24 heavy (non-hydrogen) atoms. The summed E-state index contributed by atoms with van der Waals surface area (Å²) >= 11 is 1.73. The molecule has 1 aromatic rings. The van der Waals surface area contributed by atoms with E-state index in [1.165, 1.54) is 0 Å². The number of rotatable bonds is 10. The van der Waals surface area contributed by atoms with E-state index in [0.29, 0.717) is 32.8 Å². The van der Waals surface area contributed by atoms with Gasteiger partial charge in [-0.3, -0.25) is 0 Å². The molecule has 138 valence electrons. The molecule has 0 saturated carbocycles. The minimum Gasteiger partial charge on any atom is -0.464 e. The summed E-state index contributed by atoms with van der Waals surface area (Å²) < 4.78 is 16.2. The van der Waals surface area contributed by atoms with E-state index in [-0.39, 0.29) is 6.09 Å². The van der Waals surface area contributed by atoms with E-state index in [9.17, 15) is 4.79 Å². The summed E-state index contributed by atoms with van der Waals surface area (Å²) in [5.41, 5.74) is -0.502. The van der Waals surface area contributed by atoms with E-state index in [0.717, 1.165) is 17.3 Å². The van der Waals surface area contributed by atoms with Gasteiger partial charge in [-0.25, -0.2) is 4.79 Å². The Bertz CT molecular complexity index is 485. The molecule has 0 aliphatic heterocycles. The van der Waals surface area contributed by atoms with Gasteiger partial charge in [-0.2, -0.15) is 11.8 Å². The molecule has 1 heterocycles. The zero-order valence-corrected chi connectivity index (χ0v) is 16.2. The molecule has 6 nitrogen and oxygen atoms in total. The van der Waals surface area contributed by atoms with Crippen LogP contribution in [0.5, 0.6) is 0 Å². The van der Waals surface area contributed by atoms with Crippen molar-refractivity contribution < 1.29 is 18.7 Å². The van der Waals surface area contributed by atoms with Crippen LogP contribution in [0.25, 0.3) is 0 Å². The second-order valence-electron chi connectivity index (χ2n) is 6.44.